The van der Waals surface area contributed by atoms with Gasteiger partial charge in [-0.25, -0.2) is 4.98 Å². The van der Waals surface area contributed by atoms with Crippen molar-refractivity contribution in [3.8, 4) is 0 Å². The molecular weight excluding hydrogens is 236 g/mol. The summed E-state index contributed by atoms with van der Waals surface area (Å²) in [5.74, 6) is 0.937. The number of hydrogen-bond acceptors (Lipinski definition) is 3. The number of aromatic nitrogens is 2. The van der Waals surface area contributed by atoms with Crippen molar-refractivity contribution in [3.05, 3.63) is 42.7 Å². The van der Waals surface area contributed by atoms with Crippen molar-refractivity contribution in [2.45, 2.75) is 18.9 Å². The molecule has 0 amide bonds. The average molecular weight is 256 g/mol. The Morgan fingerprint density at radius 3 is 2.89 bits per heavy atom. The van der Waals surface area contributed by atoms with Crippen LogP contribution in [0.5, 0.6) is 0 Å². The minimum absolute atomic E-state index is 0.521. The molecule has 1 unspecified atom stereocenters. The maximum Gasteiger partial charge on any atom is 0.207 e. The highest BCUT2D eigenvalue weighted by Gasteiger charge is 2.20. The summed E-state index contributed by atoms with van der Waals surface area (Å²) in [7, 11) is 2.19. The Bertz CT molecular complexity index is 520. The van der Waals surface area contributed by atoms with E-state index in [1.165, 1.54) is 19.4 Å². The van der Waals surface area contributed by atoms with Gasteiger partial charge in [0.25, 0.3) is 0 Å². The predicted molar refractivity (Wildman–Crippen MR) is 77.7 cm³/mol. The monoisotopic (exact) mass is 256 g/mol. The third-order valence-corrected chi connectivity index (χ3v) is 3.69. The van der Waals surface area contributed by atoms with E-state index in [1.54, 1.807) is 0 Å². The summed E-state index contributed by atoms with van der Waals surface area (Å²) in [5, 5.41) is 3.40. The predicted octanol–water partition coefficient (Wildman–Crippen LogP) is 2.89. The number of anilines is 2. The number of nitrogens with one attached hydrogen (secondary N) is 1. The molecule has 0 spiro atoms. The lowest BCUT2D eigenvalue weighted by Crippen LogP contribution is -2.33. The summed E-state index contributed by atoms with van der Waals surface area (Å²) < 4.78 is 2.27. The van der Waals surface area contributed by atoms with Crippen LogP contribution in [0.4, 0.5) is 11.6 Å². The van der Waals surface area contributed by atoms with Crippen LogP contribution in [-0.4, -0.2) is 34.6 Å². The molecule has 1 N–H and O–H groups in total. The smallest absolute Gasteiger partial charge is 0.207 e. The van der Waals surface area contributed by atoms with Crippen molar-refractivity contribution >= 4 is 11.6 Å². The number of likely N-dealkylation sites (tertiary alicyclic amines) is 1. The summed E-state index contributed by atoms with van der Waals surface area (Å²) >= 11 is 0. The normalized spacial score (nSPS) is 20.4. The number of imidazole rings is 1. The highest BCUT2D eigenvalue weighted by atomic mass is 15.2. The Kier molecular flexibility index (Phi) is 3.51. The zero-order chi connectivity index (χ0) is 13.1. The standard InChI is InChI=1S/C15H20N4/c1-18-10-5-8-14(12-18)19-11-9-16-15(19)17-13-6-3-2-4-7-13/h2-4,6-7,9,11,14H,5,8,10,12H2,1H3,(H,16,17). The molecule has 100 valence electrons. The lowest BCUT2D eigenvalue weighted by Gasteiger charge is -2.31. The second-order valence-corrected chi connectivity index (χ2v) is 5.21. The van der Waals surface area contributed by atoms with E-state index in [4.69, 9.17) is 0 Å². The number of hydrogen-bond donors (Lipinski definition) is 1. The van der Waals surface area contributed by atoms with Crippen molar-refractivity contribution in [2.24, 2.45) is 0 Å². The maximum atomic E-state index is 4.45. The van der Waals surface area contributed by atoms with Gasteiger partial charge in [-0.15, -0.1) is 0 Å². The van der Waals surface area contributed by atoms with Crippen LogP contribution in [0.25, 0.3) is 0 Å². The Morgan fingerprint density at radius 1 is 1.26 bits per heavy atom. The average Bonchev–Trinajstić information content (AvgIpc) is 2.88. The van der Waals surface area contributed by atoms with Gasteiger partial charge >= 0.3 is 0 Å². The van der Waals surface area contributed by atoms with Gasteiger partial charge in [-0.05, 0) is 38.6 Å². The van der Waals surface area contributed by atoms with Crippen LogP contribution in [0, 0.1) is 0 Å². The molecule has 1 aliphatic rings. The first kappa shape index (κ1) is 12.2. The van der Waals surface area contributed by atoms with E-state index >= 15 is 0 Å². The molecule has 0 radical (unpaired) electrons. The third kappa shape index (κ3) is 2.79. The summed E-state index contributed by atoms with van der Waals surface area (Å²) in [4.78, 5) is 6.83. The van der Waals surface area contributed by atoms with E-state index < -0.39 is 0 Å². The van der Waals surface area contributed by atoms with Gasteiger partial charge in [0.2, 0.25) is 5.95 Å². The van der Waals surface area contributed by atoms with Gasteiger partial charge in [0.05, 0.1) is 0 Å². The van der Waals surface area contributed by atoms with Crippen molar-refractivity contribution in [3.63, 3.8) is 0 Å². The second kappa shape index (κ2) is 5.45. The molecule has 4 nitrogen and oxygen atoms in total. The number of nitrogens with zero attached hydrogens (tertiary/aromatic N) is 3. The molecule has 1 atom stereocenters. The molecular formula is C15H20N4. The summed E-state index contributed by atoms with van der Waals surface area (Å²) in [6.45, 7) is 2.30. The SMILES string of the molecule is CN1CCCC(n2ccnc2Nc2ccccc2)C1. The maximum absolute atomic E-state index is 4.45. The number of rotatable bonds is 3. The molecule has 0 aliphatic carbocycles. The van der Waals surface area contributed by atoms with Crippen molar-refractivity contribution in [1.82, 2.24) is 14.5 Å². The Morgan fingerprint density at radius 2 is 2.11 bits per heavy atom. The first-order valence-corrected chi connectivity index (χ1v) is 6.86. The molecule has 2 aromatic rings. The Balaban J connectivity index is 1.78. The highest BCUT2D eigenvalue weighted by molar-refractivity contribution is 5.53. The molecule has 1 fully saturated rings. The van der Waals surface area contributed by atoms with Crippen molar-refractivity contribution in [2.75, 3.05) is 25.5 Å². The number of piperidine rings is 1. The first-order chi connectivity index (χ1) is 9.33. The molecule has 1 aromatic carbocycles. The van der Waals surface area contributed by atoms with Crippen molar-refractivity contribution in [1.29, 1.82) is 0 Å². The van der Waals surface area contributed by atoms with E-state index in [-0.39, 0.29) is 0 Å². The zero-order valence-corrected chi connectivity index (χ0v) is 11.3. The third-order valence-electron chi connectivity index (χ3n) is 3.69. The summed E-state index contributed by atoms with van der Waals surface area (Å²) in [6, 6.07) is 10.7. The first-order valence-electron chi connectivity index (χ1n) is 6.86. The van der Waals surface area contributed by atoms with Crippen LogP contribution in [0.3, 0.4) is 0 Å². The van der Waals surface area contributed by atoms with E-state index in [0.717, 1.165) is 18.2 Å². The Hall–Kier alpha value is -1.81. The largest absolute Gasteiger partial charge is 0.326 e. The molecule has 0 saturated carbocycles. The molecule has 19 heavy (non-hydrogen) atoms. The van der Waals surface area contributed by atoms with Crippen LogP contribution >= 0.6 is 0 Å². The van der Waals surface area contributed by atoms with Gasteiger partial charge < -0.3 is 14.8 Å². The van der Waals surface area contributed by atoms with E-state index in [9.17, 15) is 0 Å². The minimum atomic E-state index is 0.521. The molecule has 0 bridgehead atoms. The van der Waals surface area contributed by atoms with E-state index in [1.807, 2.05) is 24.4 Å². The molecule has 2 heterocycles. The van der Waals surface area contributed by atoms with Crippen LogP contribution in [0.15, 0.2) is 42.7 Å². The lowest BCUT2D eigenvalue weighted by atomic mass is 10.1. The second-order valence-electron chi connectivity index (χ2n) is 5.21. The number of likely N-dealkylation sites (N-methyl/N-ethyl adjacent to an activating group) is 1. The van der Waals surface area contributed by atoms with Gasteiger partial charge in [0.1, 0.15) is 0 Å². The minimum Gasteiger partial charge on any atom is -0.326 e. The molecule has 4 heteroatoms. The topological polar surface area (TPSA) is 33.1 Å². The molecule has 1 aromatic heterocycles. The van der Waals surface area contributed by atoms with Gasteiger partial charge in [-0.1, -0.05) is 18.2 Å². The van der Waals surface area contributed by atoms with Crippen molar-refractivity contribution < 1.29 is 0 Å². The number of benzene rings is 1. The molecule has 1 aliphatic heterocycles. The van der Waals surface area contributed by atoms with Crippen LogP contribution in [-0.2, 0) is 0 Å². The van der Waals surface area contributed by atoms with Gasteiger partial charge in [-0.3, -0.25) is 0 Å². The van der Waals surface area contributed by atoms with Gasteiger partial charge in [-0.2, -0.15) is 0 Å². The fourth-order valence-corrected chi connectivity index (χ4v) is 2.72. The zero-order valence-electron chi connectivity index (χ0n) is 11.3. The van der Waals surface area contributed by atoms with Crippen LogP contribution in [0.1, 0.15) is 18.9 Å². The molecule has 3 rings (SSSR count). The summed E-state index contributed by atoms with van der Waals surface area (Å²) in [5.41, 5.74) is 1.08. The quantitative estimate of drug-likeness (QED) is 0.916. The van der Waals surface area contributed by atoms with E-state index in [2.05, 4.69) is 45.1 Å². The fraction of sp³-hybridized carbons (Fsp3) is 0.400. The Labute approximate surface area is 114 Å². The fourth-order valence-electron chi connectivity index (χ4n) is 2.72. The van der Waals surface area contributed by atoms with E-state index in [0.29, 0.717) is 6.04 Å². The highest BCUT2D eigenvalue weighted by Crippen LogP contribution is 2.25. The van der Waals surface area contributed by atoms with Crippen LogP contribution < -0.4 is 5.32 Å². The van der Waals surface area contributed by atoms with Gasteiger partial charge in [0, 0.05) is 30.7 Å². The molecule has 1 saturated heterocycles. The summed E-state index contributed by atoms with van der Waals surface area (Å²) in [6.07, 6.45) is 6.43. The van der Waals surface area contributed by atoms with Crippen LogP contribution in [0.2, 0.25) is 0 Å². The number of para-hydroxylation sites is 1. The van der Waals surface area contributed by atoms with Gasteiger partial charge in [0.15, 0.2) is 0 Å². The lowest BCUT2D eigenvalue weighted by molar-refractivity contribution is 0.213.